The molecule has 0 spiro atoms. The smallest absolute Gasteiger partial charge is 0.163 e. The highest BCUT2D eigenvalue weighted by atomic mass is 19.1. The van der Waals surface area contributed by atoms with Crippen LogP contribution in [-0.4, -0.2) is 24.9 Å². The summed E-state index contributed by atoms with van der Waals surface area (Å²) in [6.45, 7) is 5.56. The van der Waals surface area contributed by atoms with Gasteiger partial charge in [-0.25, -0.2) is 4.39 Å². The molecule has 1 N–H and O–H groups in total. The maximum absolute atomic E-state index is 14.7. The van der Waals surface area contributed by atoms with Gasteiger partial charge in [0.15, 0.2) is 11.5 Å². The van der Waals surface area contributed by atoms with Gasteiger partial charge >= 0.3 is 0 Å². The molecule has 2 aromatic carbocycles. The van der Waals surface area contributed by atoms with Crippen molar-refractivity contribution in [3.05, 3.63) is 71.3 Å². The Bertz CT molecular complexity index is 1020. The Morgan fingerprint density at radius 3 is 2.55 bits per heavy atom. The van der Waals surface area contributed by atoms with Crippen molar-refractivity contribution in [2.45, 2.75) is 26.4 Å². The molecule has 3 aromatic rings. The number of nitrogens with one attached hydrogen (secondary N) is 1. The predicted molar refractivity (Wildman–Crippen MR) is 110 cm³/mol. The van der Waals surface area contributed by atoms with Gasteiger partial charge in [0.05, 0.1) is 32.1 Å². The molecule has 0 bridgehead atoms. The third-order valence-electron chi connectivity index (χ3n) is 5.09. The lowest BCUT2D eigenvalue weighted by Crippen LogP contribution is -2.22. The first-order valence-electron chi connectivity index (χ1n) is 9.83. The summed E-state index contributed by atoms with van der Waals surface area (Å²) in [5.41, 5.74) is 3.55. The molecular formula is C23H25FN2O3. The largest absolute Gasteiger partial charge is 0.497 e. The predicted octanol–water partition coefficient (Wildman–Crippen LogP) is 4.62. The molecule has 1 aliphatic rings. The molecule has 29 heavy (non-hydrogen) atoms. The van der Waals surface area contributed by atoms with E-state index in [0.717, 1.165) is 22.7 Å². The molecular weight excluding hydrogens is 371 g/mol. The van der Waals surface area contributed by atoms with Gasteiger partial charge in [-0.2, -0.15) is 0 Å². The van der Waals surface area contributed by atoms with Crippen LogP contribution in [0, 0.1) is 5.82 Å². The van der Waals surface area contributed by atoms with Crippen LogP contribution in [-0.2, 0) is 6.54 Å². The van der Waals surface area contributed by atoms with Crippen molar-refractivity contribution in [1.82, 2.24) is 9.88 Å². The lowest BCUT2D eigenvalue weighted by Gasteiger charge is -2.19. The molecule has 0 saturated heterocycles. The minimum atomic E-state index is -0.321. The summed E-state index contributed by atoms with van der Waals surface area (Å²) < 4.78 is 33.7. The Labute approximate surface area is 170 Å². The highest BCUT2D eigenvalue weighted by Gasteiger charge is 2.27. The van der Waals surface area contributed by atoms with E-state index in [1.165, 1.54) is 6.07 Å². The van der Waals surface area contributed by atoms with Gasteiger partial charge in [-0.15, -0.1) is 0 Å². The monoisotopic (exact) mass is 396 g/mol. The van der Waals surface area contributed by atoms with E-state index < -0.39 is 0 Å². The summed E-state index contributed by atoms with van der Waals surface area (Å²) in [7, 11) is 1.58. The SMILES string of the molecule is CCOc1cc2c(cc1OCC)-n1cccc1[C@@H](c1cc(OC)ccc1F)NC2. The van der Waals surface area contributed by atoms with Gasteiger partial charge in [-0.05, 0) is 55.8 Å². The Balaban J connectivity index is 1.83. The van der Waals surface area contributed by atoms with Crippen LogP contribution in [0.3, 0.4) is 0 Å². The van der Waals surface area contributed by atoms with E-state index in [1.807, 2.05) is 44.3 Å². The zero-order valence-electron chi connectivity index (χ0n) is 16.9. The minimum Gasteiger partial charge on any atom is -0.497 e. The van der Waals surface area contributed by atoms with Crippen molar-refractivity contribution in [2.24, 2.45) is 0 Å². The normalized spacial score (nSPS) is 15.2. The van der Waals surface area contributed by atoms with E-state index in [-0.39, 0.29) is 11.9 Å². The summed E-state index contributed by atoms with van der Waals surface area (Å²) >= 11 is 0. The number of ether oxygens (including phenoxy) is 3. The number of benzene rings is 2. The van der Waals surface area contributed by atoms with Crippen molar-refractivity contribution in [3.63, 3.8) is 0 Å². The number of methoxy groups -OCH3 is 1. The van der Waals surface area contributed by atoms with Crippen molar-refractivity contribution in [2.75, 3.05) is 20.3 Å². The van der Waals surface area contributed by atoms with E-state index in [0.29, 0.717) is 36.8 Å². The highest BCUT2D eigenvalue weighted by molar-refractivity contribution is 5.56. The van der Waals surface area contributed by atoms with Gasteiger partial charge in [0.2, 0.25) is 0 Å². The van der Waals surface area contributed by atoms with Gasteiger partial charge in [0.1, 0.15) is 11.6 Å². The van der Waals surface area contributed by atoms with E-state index in [4.69, 9.17) is 14.2 Å². The second kappa shape index (κ2) is 8.17. The van der Waals surface area contributed by atoms with Crippen molar-refractivity contribution < 1.29 is 18.6 Å². The van der Waals surface area contributed by atoms with Crippen LogP contribution in [0.4, 0.5) is 4.39 Å². The Hall–Kier alpha value is -2.99. The molecule has 0 saturated carbocycles. The fourth-order valence-corrected chi connectivity index (χ4v) is 3.80. The van der Waals surface area contributed by atoms with Gasteiger partial charge in [0, 0.05) is 30.1 Å². The van der Waals surface area contributed by atoms with Gasteiger partial charge in [-0.3, -0.25) is 0 Å². The summed E-state index contributed by atoms with van der Waals surface area (Å²) in [4.78, 5) is 0. The van der Waals surface area contributed by atoms with Crippen molar-refractivity contribution in [3.8, 4) is 22.9 Å². The first-order chi connectivity index (χ1) is 14.2. The first kappa shape index (κ1) is 19.3. The maximum atomic E-state index is 14.7. The van der Waals surface area contributed by atoms with E-state index in [9.17, 15) is 4.39 Å². The molecule has 5 nitrogen and oxygen atoms in total. The molecule has 1 aromatic heterocycles. The van der Waals surface area contributed by atoms with Crippen LogP contribution in [0.2, 0.25) is 0 Å². The molecule has 1 aliphatic heterocycles. The van der Waals surface area contributed by atoms with Crippen LogP contribution in [0.1, 0.15) is 36.7 Å². The molecule has 6 heteroatoms. The van der Waals surface area contributed by atoms with Crippen molar-refractivity contribution >= 4 is 0 Å². The van der Waals surface area contributed by atoms with Crippen molar-refractivity contribution in [1.29, 1.82) is 0 Å². The first-order valence-corrected chi connectivity index (χ1v) is 9.83. The molecule has 0 radical (unpaired) electrons. The quantitative estimate of drug-likeness (QED) is 0.661. The molecule has 4 rings (SSSR count). The zero-order chi connectivity index (χ0) is 20.4. The average Bonchev–Trinajstić information content (AvgIpc) is 3.15. The lowest BCUT2D eigenvalue weighted by atomic mass is 10.0. The van der Waals surface area contributed by atoms with E-state index >= 15 is 0 Å². The zero-order valence-corrected chi connectivity index (χ0v) is 16.9. The molecule has 0 amide bonds. The average molecular weight is 396 g/mol. The lowest BCUT2D eigenvalue weighted by molar-refractivity contribution is 0.287. The van der Waals surface area contributed by atoms with Gasteiger partial charge in [-0.1, -0.05) is 0 Å². The fraction of sp³-hybridized carbons (Fsp3) is 0.304. The second-order valence-electron chi connectivity index (χ2n) is 6.80. The third-order valence-corrected chi connectivity index (χ3v) is 5.09. The minimum absolute atomic E-state index is 0.271. The van der Waals surface area contributed by atoms with Gasteiger partial charge in [0.25, 0.3) is 0 Å². The Morgan fingerprint density at radius 2 is 1.83 bits per heavy atom. The number of nitrogens with zero attached hydrogens (tertiary/aromatic N) is 1. The van der Waals surface area contributed by atoms with Crippen LogP contribution in [0.15, 0.2) is 48.7 Å². The summed E-state index contributed by atoms with van der Waals surface area (Å²) in [5, 5.41) is 3.50. The second-order valence-corrected chi connectivity index (χ2v) is 6.80. The summed E-state index contributed by atoms with van der Waals surface area (Å²) in [5.74, 6) is 1.78. The molecule has 0 fully saturated rings. The molecule has 0 unspecified atom stereocenters. The summed E-state index contributed by atoms with van der Waals surface area (Å²) in [6, 6.07) is 12.5. The molecule has 1 atom stereocenters. The van der Waals surface area contributed by atoms with Gasteiger partial charge < -0.3 is 24.1 Å². The highest BCUT2D eigenvalue weighted by Crippen LogP contribution is 2.38. The number of hydrogen-bond acceptors (Lipinski definition) is 4. The van der Waals surface area contributed by atoms with E-state index in [1.54, 1.807) is 19.2 Å². The van der Waals surface area contributed by atoms with Crippen LogP contribution < -0.4 is 19.5 Å². The van der Waals surface area contributed by atoms with E-state index in [2.05, 4.69) is 9.88 Å². The van der Waals surface area contributed by atoms with Crippen LogP contribution >= 0.6 is 0 Å². The number of halogens is 1. The Kier molecular flexibility index (Phi) is 5.45. The molecule has 152 valence electrons. The molecule has 2 heterocycles. The fourth-order valence-electron chi connectivity index (χ4n) is 3.80. The number of rotatable bonds is 6. The number of aromatic nitrogens is 1. The summed E-state index contributed by atoms with van der Waals surface area (Å²) in [6.07, 6.45) is 1.99. The number of hydrogen-bond donors (Lipinski definition) is 1. The molecule has 0 aliphatic carbocycles. The van der Waals surface area contributed by atoms with Crippen LogP contribution in [0.25, 0.3) is 5.69 Å². The topological polar surface area (TPSA) is 44.7 Å². The maximum Gasteiger partial charge on any atom is 0.163 e. The standard InChI is InChI=1S/C23H25FN2O3/c1-4-28-21-11-15-14-25-23(17-12-16(27-3)8-9-18(17)24)19-7-6-10-26(19)20(15)13-22(21)29-5-2/h6-13,23,25H,4-5,14H2,1-3H3/t23-/m1/s1. The third kappa shape index (κ3) is 3.56. The Morgan fingerprint density at radius 1 is 1.07 bits per heavy atom. The van der Waals surface area contributed by atoms with Crippen LogP contribution in [0.5, 0.6) is 17.2 Å². The number of fused-ring (bicyclic) bond motifs is 3.